The summed E-state index contributed by atoms with van der Waals surface area (Å²) < 4.78 is 0. The number of carbonyl (C=O) groups excluding carboxylic acids is 1. The van der Waals surface area contributed by atoms with Crippen LogP contribution in [0.4, 0.5) is 0 Å². The molecule has 2 rings (SSSR count). The number of hydrogen-bond donors (Lipinski definition) is 0. The van der Waals surface area contributed by atoms with Crippen molar-refractivity contribution in [2.45, 2.75) is 38.6 Å². The molecule has 14 heavy (non-hydrogen) atoms. The maximum Gasteiger partial charge on any atom is 0.219 e. The third-order valence-electron chi connectivity index (χ3n) is 3.45. The summed E-state index contributed by atoms with van der Waals surface area (Å²) >= 11 is 0. The minimum absolute atomic E-state index is 0.256. The first-order valence-corrected chi connectivity index (χ1v) is 5.77. The molecule has 0 spiro atoms. The molecule has 0 saturated carbocycles. The van der Waals surface area contributed by atoms with Gasteiger partial charge in [-0.2, -0.15) is 0 Å². The average molecular weight is 196 g/mol. The highest BCUT2D eigenvalue weighted by Gasteiger charge is 2.28. The molecular formula is C11H20N2O. The second kappa shape index (κ2) is 4.30. The molecule has 0 unspecified atom stereocenters. The number of nitrogens with zero attached hydrogens (tertiary/aromatic N) is 2. The van der Waals surface area contributed by atoms with Crippen LogP contribution in [0.15, 0.2) is 0 Å². The number of likely N-dealkylation sites (tertiary alicyclic amines) is 2. The first-order valence-electron chi connectivity index (χ1n) is 5.77. The normalized spacial score (nSPS) is 28.6. The van der Waals surface area contributed by atoms with E-state index in [9.17, 15) is 4.79 Å². The predicted octanol–water partition coefficient (Wildman–Crippen LogP) is 1.09. The van der Waals surface area contributed by atoms with Crippen molar-refractivity contribution in [2.24, 2.45) is 0 Å². The fraction of sp³-hybridized carbons (Fsp3) is 0.909. The van der Waals surface area contributed by atoms with Crippen LogP contribution in [0.2, 0.25) is 0 Å². The molecule has 0 bridgehead atoms. The molecule has 0 aromatic carbocycles. The zero-order valence-electron chi connectivity index (χ0n) is 9.04. The van der Waals surface area contributed by atoms with Crippen LogP contribution in [-0.4, -0.2) is 47.9 Å². The van der Waals surface area contributed by atoms with Gasteiger partial charge in [0.2, 0.25) is 5.91 Å². The van der Waals surface area contributed by atoms with Crippen molar-refractivity contribution in [3.63, 3.8) is 0 Å². The van der Waals surface area contributed by atoms with E-state index >= 15 is 0 Å². The molecule has 3 nitrogen and oxygen atoms in total. The van der Waals surface area contributed by atoms with Crippen molar-refractivity contribution < 1.29 is 4.79 Å². The molecule has 0 aromatic rings. The van der Waals surface area contributed by atoms with Crippen LogP contribution in [0.5, 0.6) is 0 Å². The molecule has 2 aliphatic heterocycles. The molecule has 1 amide bonds. The lowest BCUT2D eigenvalue weighted by molar-refractivity contribution is -0.129. The van der Waals surface area contributed by atoms with Gasteiger partial charge in [-0.3, -0.25) is 4.79 Å². The Hall–Kier alpha value is -0.570. The van der Waals surface area contributed by atoms with Gasteiger partial charge in [0.05, 0.1) is 0 Å². The summed E-state index contributed by atoms with van der Waals surface area (Å²) in [6.45, 7) is 6.26. The van der Waals surface area contributed by atoms with Crippen molar-refractivity contribution in [1.29, 1.82) is 0 Å². The largest absolute Gasteiger partial charge is 0.339 e. The third-order valence-corrected chi connectivity index (χ3v) is 3.45. The average Bonchev–Trinajstić information content (AvgIpc) is 2.75. The summed E-state index contributed by atoms with van der Waals surface area (Å²) in [6.07, 6.45) is 5.08. The molecule has 2 fully saturated rings. The molecule has 0 aliphatic carbocycles. The summed E-state index contributed by atoms with van der Waals surface area (Å²) in [4.78, 5) is 15.9. The summed E-state index contributed by atoms with van der Waals surface area (Å²) in [7, 11) is 0. The Labute approximate surface area is 86.1 Å². The molecule has 2 aliphatic rings. The highest BCUT2D eigenvalue weighted by atomic mass is 16.2. The first kappa shape index (κ1) is 9.97. The second-order valence-corrected chi connectivity index (χ2v) is 4.52. The Morgan fingerprint density at radius 2 is 1.93 bits per heavy atom. The fourth-order valence-corrected chi connectivity index (χ4v) is 2.70. The SMILES string of the molecule is CC(=O)N1CCC[C@@H]1CN1CCCC1. The predicted molar refractivity (Wildman–Crippen MR) is 56.1 cm³/mol. The lowest BCUT2D eigenvalue weighted by atomic mass is 10.2. The summed E-state index contributed by atoms with van der Waals surface area (Å²) in [5, 5.41) is 0. The van der Waals surface area contributed by atoms with Crippen LogP contribution < -0.4 is 0 Å². The molecule has 0 radical (unpaired) electrons. The Morgan fingerprint density at radius 3 is 2.57 bits per heavy atom. The molecular weight excluding hydrogens is 176 g/mol. The lowest BCUT2D eigenvalue weighted by Gasteiger charge is -2.27. The van der Waals surface area contributed by atoms with E-state index in [1.165, 1.54) is 38.8 Å². The van der Waals surface area contributed by atoms with Crippen LogP contribution in [0, 0.1) is 0 Å². The van der Waals surface area contributed by atoms with Crippen molar-refractivity contribution in [2.75, 3.05) is 26.2 Å². The smallest absolute Gasteiger partial charge is 0.219 e. The fourth-order valence-electron chi connectivity index (χ4n) is 2.70. The van der Waals surface area contributed by atoms with Gasteiger partial charge in [-0.15, -0.1) is 0 Å². The van der Waals surface area contributed by atoms with E-state index in [1.807, 2.05) is 0 Å². The second-order valence-electron chi connectivity index (χ2n) is 4.52. The van der Waals surface area contributed by atoms with E-state index in [-0.39, 0.29) is 5.91 Å². The first-order chi connectivity index (χ1) is 6.77. The maximum atomic E-state index is 11.3. The highest BCUT2D eigenvalue weighted by Crippen LogP contribution is 2.20. The van der Waals surface area contributed by atoms with Gasteiger partial charge in [-0.05, 0) is 38.8 Å². The van der Waals surface area contributed by atoms with Crippen LogP contribution in [0.25, 0.3) is 0 Å². The van der Waals surface area contributed by atoms with Gasteiger partial charge in [-0.1, -0.05) is 0 Å². The monoisotopic (exact) mass is 196 g/mol. The van der Waals surface area contributed by atoms with Crippen molar-refractivity contribution in [3.8, 4) is 0 Å². The van der Waals surface area contributed by atoms with Gasteiger partial charge in [0, 0.05) is 26.1 Å². The molecule has 3 heteroatoms. The number of amides is 1. The molecule has 0 N–H and O–H groups in total. The zero-order valence-corrected chi connectivity index (χ0v) is 9.04. The van der Waals surface area contributed by atoms with Gasteiger partial charge in [-0.25, -0.2) is 0 Å². The minimum Gasteiger partial charge on any atom is -0.339 e. The standard InChI is InChI=1S/C11H20N2O/c1-10(14)13-8-4-5-11(13)9-12-6-2-3-7-12/h11H,2-9H2,1H3/t11-/m1/s1. The van der Waals surface area contributed by atoms with Crippen LogP contribution in [0.1, 0.15) is 32.6 Å². The van der Waals surface area contributed by atoms with Crippen LogP contribution in [0.3, 0.4) is 0 Å². The zero-order chi connectivity index (χ0) is 9.97. The van der Waals surface area contributed by atoms with E-state index in [2.05, 4.69) is 9.80 Å². The summed E-state index contributed by atoms with van der Waals surface area (Å²) in [5.41, 5.74) is 0. The van der Waals surface area contributed by atoms with Crippen molar-refractivity contribution in [3.05, 3.63) is 0 Å². The van der Waals surface area contributed by atoms with E-state index in [0.717, 1.165) is 13.1 Å². The molecule has 0 aromatic heterocycles. The quantitative estimate of drug-likeness (QED) is 0.660. The molecule has 2 heterocycles. The number of hydrogen-bond acceptors (Lipinski definition) is 2. The minimum atomic E-state index is 0.256. The number of carbonyl (C=O) groups is 1. The topological polar surface area (TPSA) is 23.6 Å². The van der Waals surface area contributed by atoms with E-state index < -0.39 is 0 Å². The van der Waals surface area contributed by atoms with Gasteiger partial charge in [0.1, 0.15) is 0 Å². The van der Waals surface area contributed by atoms with Gasteiger partial charge in [0.15, 0.2) is 0 Å². The van der Waals surface area contributed by atoms with Gasteiger partial charge in [0.25, 0.3) is 0 Å². The van der Waals surface area contributed by atoms with Crippen LogP contribution in [-0.2, 0) is 4.79 Å². The van der Waals surface area contributed by atoms with E-state index in [4.69, 9.17) is 0 Å². The lowest BCUT2D eigenvalue weighted by Crippen LogP contribution is -2.41. The Balaban J connectivity index is 1.86. The highest BCUT2D eigenvalue weighted by molar-refractivity contribution is 5.73. The van der Waals surface area contributed by atoms with Crippen molar-refractivity contribution in [1.82, 2.24) is 9.80 Å². The maximum absolute atomic E-state index is 11.3. The van der Waals surface area contributed by atoms with Crippen LogP contribution >= 0.6 is 0 Å². The number of rotatable bonds is 2. The Morgan fingerprint density at radius 1 is 1.21 bits per heavy atom. The molecule has 2 saturated heterocycles. The van der Waals surface area contributed by atoms with E-state index in [0.29, 0.717) is 6.04 Å². The Kier molecular flexibility index (Phi) is 3.06. The third kappa shape index (κ3) is 2.08. The summed E-state index contributed by atoms with van der Waals surface area (Å²) in [6, 6.07) is 0.505. The molecule has 1 atom stereocenters. The molecule has 80 valence electrons. The van der Waals surface area contributed by atoms with Gasteiger partial charge < -0.3 is 9.80 Å². The Bertz CT molecular complexity index is 211. The van der Waals surface area contributed by atoms with Crippen molar-refractivity contribution >= 4 is 5.91 Å². The van der Waals surface area contributed by atoms with Gasteiger partial charge >= 0.3 is 0 Å². The summed E-state index contributed by atoms with van der Waals surface area (Å²) in [5.74, 6) is 0.256. The van der Waals surface area contributed by atoms with E-state index in [1.54, 1.807) is 6.92 Å².